The summed E-state index contributed by atoms with van der Waals surface area (Å²) in [4.78, 5) is 9.00. The van der Waals surface area contributed by atoms with Gasteiger partial charge in [-0.25, -0.2) is 18.4 Å². The summed E-state index contributed by atoms with van der Waals surface area (Å²) in [6.45, 7) is 4.34. The molecule has 2 aromatic carbocycles. The van der Waals surface area contributed by atoms with Crippen molar-refractivity contribution in [2.45, 2.75) is 43.3 Å². The van der Waals surface area contributed by atoms with E-state index in [2.05, 4.69) is 16.9 Å². The molecule has 6 nitrogen and oxygen atoms in total. The van der Waals surface area contributed by atoms with Crippen molar-refractivity contribution in [1.29, 1.82) is 5.26 Å². The number of nitriles is 1. The van der Waals surface area contributed by atoms with Gasteiger partial charge in [-0.3, -0.25) is 0 Å². The topological polar surface area (TPSA) is 92.9 Å². The van der Waals surface area contributed by atoms with E-state index in [-0.39, 0.29) is 16.5 Å². The van der Waals surface area contributed by atoms with Crippen LogP contribution in [0.15, 0.2) is 53.4 Å². The zero-order valence-corrected chi connectivity index (χ0v) is 17.3. The fraction of sp³-hybridized carbons (Fsp3) is 0.318. The number of sulfone groups is 1. The largest absolute Gasteiger partial charge is 0.476 e. The molecule has 1 aromatic heterocycles. The Balaban J connectivity index is 2.08. The third kappa shape index (κ3) is 4.54. The van der Waals surface area contributed by atoms with Gasteiger partial charge in [-0.1, -0.05) is 49.6 Å². The maximum absolute atomic E-state index is 13.2. The number of rotatable bonds is 8. The molecule has 29 heavy (non-hydrogen) atoms. The fourth-order valence-corrected chi connectivity index (χ4v) is 4.31. The maximum Gasteiger partial charge on any atom is 0.238 e. The Hall–Kier alpha value is -2.98. The van der Waals surface area contributed by atoms with Gasteiger partial charge in [-0.2, -0.15) is 5.26 Å². The number of ether oxygens (including phenoxy) is 1. The number of fused-ring (bicyclic) bond motifs is 1. The number of nitrogens with zero attached hydrogens (tertiary/aromatic N) is 3. The van der Waals surface area contributed by atoms with Crippen molar-refractivity contribution < 1.29 is 13.2 Å². The van der Waals surface area contributed by atoms with Crippen molar-refractivity contribution in [3.63, 3.8) is 0 Å². The summed E-state index contributed by atoms with van der Waals surface area (Å²) in [6, 6.07) is 15.5. The van der Waals surface area contributed by atoms with Gasteiger partial charge in [-0.05, 0) is 37.6 Å². The highest BCUT2D eigenvalue weighted by atomic mass is 32.2. The van der Waals surface area contributed by atoms with Crippen molar-refractivity contribution in [2.75, 3.05) is 6.61 Å². The number of hydrogen-bond acceptors (Lipinski definition) is 6. The first kappa shape index (κ1) is 20.7. The second kappa shape index (κ2) is 9.01. The third-order valence-electron chi connectivity index (χ3n) is 4.58. The fourth-order valence-electron chi connectivity index (χ4n) is 2.94. The molecule has 0 N–H and O–H groups in total. The molecule has 0 aliphatic heterocycles. The van der Waals surface area contributed by atoms with E-state index in [0.717, 1.165) is 24.8 Å². The zero-order chi connectivity index (χ0) is 20.9. The maximum atomic E-state index is 13.2. The lowest BCUT2D eigenvalue weighted by atomic mass is 10.2. The number of unbranched alkanes of at least 4 members (excludes halogenated alkanes) is 2. The van der Waals surface area contributed by atoms with Crippen LogP contribution in [-0.2, 0) is 9.84 Å². The third-order valence-corrected chi connectivity index (χ3v) is 6.45. The molecule has 7 heteroatoms. The Morgan fingerprint density at radius 3 is 2.31 bits per heavy atom. The molecule has 0 bridgehead atoms. The van der Waals surface area contributed by atoms with E-state index < -0.39 is 15.1 Å². The van der Waals surface area contributed by atoms with Gasteiger partial charge in [-0.15, -0.1) is 0 Å². The average molecular weight is 410 g/mol. The van der Waals surface area contributed by atoms with Crippen molar-refractivity contribution in [1.82, 2.24) is 9.97 Å². The highest BCUT2D eigenvalue weighted by Crippen LogP contribution is 2.33. The SMILES string of the molecule is CCCCCOc1nc2ccccc2nc1C(C#N)S(=O)(=O)c1ccc(C)cc1. The summed E-state index contributed by atoms with van der Waals surface area (Å²) in [5.74, 6) is 0.0991. The van der Waals surface area contributed by atoms with E-state index in [0.29, 0.717) is 17.6 Å². The lowest BCUT2D eigenvalue weighted by Crippen LogP contribution is -2.16. The minimum Gasteiger partial charge on any atom is -0.476 e. The van der Waals surface area contributed by atoms with Gasteiger partial charge in [0.2, 0.25) is 15.7 Å². The van der Waals surface area contributed by atoms with Crippen molar-refractivity contribution in [3.05, 3.63) is 59.8 Å². The Kier molecular flexibility index (Phi) is 6.45. The minimum absolute atomic E-state index is 0.0308. The van der Waals surface area contributed by atoms with Gasteiger partial charge in [0, 0.05) is 0 Å². The van der Waals surface area contributed by atoms with E-state index >= 15 is 0 Å². The Morgan fingerprint density at radius 2 is 1.69 bits per heavy atom. The minimum atomic E-state index is -3.99. The van der Waals surface area contributed by atoms with E-state index in [1.807, 2.05) is 19.1 Å². The molecule has 0 aliphatic carbocycles. The second-order valence-corrected chi connectivity index (χ2v) is 8.86. The highest BCUT2D eigenvalue weighted by Gasteiger charge is 2.34. The summed E-state index contributed by atoms with van der Waals surface area (Å²) >= 11 is 0. The molecule has 0 radical (unpaired) electrons. The molecule has 1 unspecified atom stereocenters. The number of aryl methyl sites for hydroxylation is 1. The van der Waals surface area contributed by atoms with Gasteiger partial charge < -0.3 is 4.74 Å². The average Bonchev–Trinajstić information content (AvgIpc) is 2.72. The van der Waals surface area contributed by atoms with Crippen LogP contribution >= 0.6 is 0 Å². The van der Waals surface area contributed by atoms with Crippen molar-refractivity contribution in [3.8, 4) is 11.9 Å². The molecule has 1 atom stereocenters. The van der Waals surface area contributed by atoms with Crippen LogP contribution in [0.3, 0.4) is 0 Å². The Morgan fingerprint density at radius 1 is 1.03 bits per heavy atom. The summed E-state index contributed by atoms with van der Waals surface area (Å²) in [7, 11) is -3.99. The molecule has 0 saturated carbocycles. The van der Waals surface area contributed by atoms with Crippen molar-refractivity contribution >= 4 is 20.9 Å². The van der Waals surface area contributed by atoms with Crippen LogP contribution in [0, 0.1) is 18.3 Å². The van der Waals surface area contributed by atoms with Gasteiger partial charge in [0.1, 0.15) is 5.69 Å². The molecule has 0 saturated heterocycles. The van der Waals surface area contributed by atoms with Crippen LogP contribution in [0.1, 0.15) is 42.7 Å². The van der Waals surface area contributed by atoms with Gasteiger partial charge in [0.25, 0.3) is 0 Å². The Labute approximate surface area is 171 Å². The van der Waals surface area contributed by atoms with E-state index in [4.69, 9.17) is 4.74 Å². The van der Waals surface area contributed by atoms with E-state index in [1.54, 1.807) is 30.3 Å². The summed E-state index contributed by atoms with van der Waals surface area (Å²) in [5.41, 5.74) is 2.07. The molecule has 1 heterocycles. The number of para-hydroxylation sites is 2. The zero-order valence-electron chi connectivity index (χ0n) is 16.5. The van der Waals surface area contributed by atoms with Crippen LogP contribution < -0.4 is 4.74 Å². The molecule has 0 fully saturated rings. The van der Waals surface area contributed by atoms with Gasteiger partial charge in [0.15, 0.2) is 5.25 Å². The van der Waals surface area contributed by atoms with Crippen LogP contribution in [0.4, 0.5) is 0 Å². The molecule has 3 aromatic rings. The standard InChI is InChI=1S/C22H23N3O3S/c1-3-4-7-14-28-22-21(24-18-8-5-6-9-19(18)25-22)20(15-23)29(26,27)17-12-10-16(2)11-13-17/h5-6,8-13,20H,3-4,7,14H2,1-2H3. The molecular weight excluding hydrogens is 386 g/mol. The summed E-state index contributed by atoms with van der Waals surface area (Å²) in [6.07, 6.45) is 2.83. The lowest BCUT2D eigenvalue weighted by molar-refractivity contribution is 0.291. The molecule has 150 valence electrons. The smallest absolute Gasteiger partial charge is 0.238 e. The molecule has 0 spiro atoms. The van der Waals surface area contributed by atoms with Gasteiger partial charge >= 0.3 is 0 Å². The first-order chi connectivity index (χ1) is 14.0. The summed E-state index contributed by atoms with van der Waals surface area (Å²) in [5, 5.41) is 8.27. The quantitative estimate of drug-likeness (QED) is 0.507. The molecule has 3 rings (SSSR count). The van der Waals surface area contributed by atoms with E-state index in [1.165, 1.54) is 12.1 Å². The highest BCUT2D eigenvalue weighted by molar-refractivity contribution is 7.92. The lowest BCUT2D eigenvalue weighted by Gasteiger charge is -2.15. The van der Waals surface area contributed by atoms with Crippen LogP contribution in [0.5, 0.6) is 5.88 Å². The van der Waals surface area contributed by atoms with Gasteiger partial charge in [0.05, 0.1) is 28.6 Å². The predicted octanol–water partition coefficient (Wildman–Crippen LogP) is 4.55. The van der Waals surface area contributed by atoms with Crippen LogP contribution in [0.25, 0.3) is 11.0 Å². The van der Waals surface area contributed by atoms with Crippen molar-refractivity contribution in [2.24, 2.45) is 0 Å². The van der Waals surface area contributed by atoms with E-state index in [9.17, 15) is 13.7 Å². The monoisotopic (exact) mass is 409 g/mol. The Bertz CT molecular complexity index is 1140. The number of benzene rings is 2. The number of aromatic nitrogens is 2. The molecular formula is C22H23N3O3S. The first-order valence-electron chi connectivity index (χ1n) is 9.57. The number of hydrogen-bond donors (Lipinski definition) is 0. The molecule has 0 amide bonds. The summed E-state index contributed by atoms with van der Waals surface area (Å²) < 4.78 is 32.2. The van der Waals surface area contributed by atoms with Crippen LogP contribution in [-0.4, -0.2) is 25.0 Å². The van der Waals surface area contributed by atoms with Crippen LogP contribution in [0.2, 0.25) is 0 Å². The first-order valence-corrected chi connectivity index (χ1v) is 11.1. The second-order valence-electron chi connectivity index (χ2n) is 6.83. The molecule has 0 aliphatic rings. The normalized spacial score (nSPS) is 12.4. The predicted molar refractivity (Wildman–Crippen MR) is 111 cm³/mol.